The molecule has 43 heavy (non-hydrogen) atoms. The number of ether oxygens (including phenoxy) is 1. The first kappa shape index (κ1) is 31.5. The van der Waals surface area contributed by atoms with E-state index in [1.807, 2.05) is 50.2 Å². The Kier molecular flexibility index (Phi) is 10.7. The Morgan fingerprint density at radius 2 is 1.70 bits per heavy atom. The standard InChI is InChI=1S/C33H38N4O5S/c1-24(2)21-31(35-32(38)27-13-18-30-26(22-27)12-7-19-34-30)33(39)37(20-8-11-25-9-5-4-6-10-25)23-43(40,41)36-28-14-16-29(42-3)17-15-28/h4-7,9-10,12-19,22,24,31,36H,8,11,20-21,23H2,1-3H3,(H,35,38)/t31-/m0/s1. The molecule has 4 aromatic rings. The summed E-state index contributed by atoms with van der Waals surface area (Å²) in [6.07, 6.45) is 3.25. The fourth-order valence-electron chi connectivity index (χ4n) is 4.80. The number of aromatic nitrogens is 1. The lowest BCUT2D eigenvalue weighted by atomic mass is 10.0. The van der Waals surface area contributed by atoms with Crippen LogP contribution >= 0.6 is 0 Å². The summed E-state index contributed by atoms with van der Waals surface area (Å²) in [6, 6.07) is 24.2. The van der Waals surface area contributed by atoms with Crippen molar-refractivity contribution in [3.05, 3.63) is 102 Å². The van der Waals surface area contributed by atoms with Crippen molar-refractivity contribution in [1.29, 1.82) is 0 Å². The van der Waals surface area contributed by atoms with E-state index in [0.29, 0.717) is 36.3 Å². The van der Waals surface area contributed by atoms with Crippen LogP contribution in [0.2, 0.25) is 0 Å². The minimum Gasteiger partial charge on any atom is -0.497 e. The van der Waals surface area contributed by atoms with Crippen LogP contribution < -0.4 is 14.8 Å². The van der Waals surface area contributed by atoms with E-state index < -0.39 is 33.8 Å². The quantitative estimate of drug-likeness (QED) is 0.204. The number of hydrogen-bond acceptors (Lipinski definition) is 6. The number of nitrogens with zero attached hydrogens (tertiary/aromatic N) is 2. The van der Waals surface area contributed by atoms with Gasteiger partial charge in [-0.25, -0.2) is 8.42 Å². The summed E-state index contributed by atoms with van der Waals surface area (Å²) < 4.78 is 34.3. The molecule has 0 bridgehead atoms. The molecular formula is C33H38N4O5S. The molecule has 10 heteroatoms. The summed E-state index contributed by atoms with van der Waals surface area (Å²) >= 11 is 0. The monoisotopic (exact) mass is 602 g/mol. The second-order valence-corrected chi connectivity index (χ2v) is 12.5. The SMILES string of the molecule is COc1ccc(NS(=O)(=O)CN(CCCc2ccccc2)C(=O)[C@H](CC(C)C)NC(=O)c2ccc3ncccc3c2)cc1. The van der Waals surface area contributed by atoms with Crippen molar-refractivity contribution in [1.82, 2.24) is 15.2 Å². The van der Waals surface area contributed by atoms with Crippen LogP contribution in [0.1, 0.15) is 42.6 Å². The van der Waals surface area contributed by atoms with Gasteiger partial charge in [0, 0.05) is 29.4 Å². The predicted octanol–water partition coefficient (Wildman–Crippen LogP) is 5.25. The molecule has 0 unspecified atom stereocenters. The molecule has 4 rings (SSSR count). The van der Waals surface area contributed by atoms with E-state index in [1.54, 1.807) is 54.7 Å². The largest absolute Gasteiger partial charge is 0.497 e. The third-order valence-electron chi connectivity index (χ3n) is 6.91. The number of anilines is 1. The highest BCUT2D eigenvalue weighted by Crippen LogP contribution is 2.19. The molecule has 0 saturated carbocycles. The van der Waals surface area contributed by atoms with Crippen LogP contribution in [0.4, 0.5) is 5.69 Å². The van der Waals surface area contributed by atoms with Crippen molar-refractivity contribution in [2.24, 2.45) is 5.92 Å². The molecule has 9 nitrogen and oxygen atoms in total. The Morgan fingerprint density at radius 1 is 0.953 bits per heavy atom. The van der Waals surface area contributed by atoms with Gasteiger partial charge in [0.05, 0.1) is 12.6 Å². The van der Waals surface area contributed by atoms with Crippen LogP contribution in [0.25, 0.3) is 10.9 Å². The molecule has 1 atom stereocenters. The number of sulfonamides is 1. The molecule has 2 N–H and O–H groups in total. The maximum Gasteiger partial charge on any atom is 0.251 e. The summed E-state index contributed by atoms with van der Waals surface area (Å²) in [5, 5.41) is 3.69. The summed E-state index contributed by atoms with van der Waals surface area (Å²) in [7, 11) is -2.44. The van der Waals surface area contributed by atoms with E-state index in [0.717, 1.165) is 16.5 Å². The molecular weight excluding hydrogens is 564 g/mol. The maximum atomic E-state index is 14.0. The molecule has 2 amide bonds. The molecule has 226 valence electrons. The van der Waals surface area contributed by atoms with E-state index in [4.69, 9.17) is 4.74 Å². The average molecular weight is 603 g/mol. The van der Waals surface area contributed by atoms with Crippen molar-refractivity contribution in [2.75, 3.05) is 24.3 Å². The van der Waals surface area contributed by atoms with Gasteiger partial charge in [-0.15, -0.1) is 0 Å². The highest BCUT2D eigenvalue weighted by atomic mass is 32.2. The number of amides is 2. The van der Waals surface area contributed by atoms with E-state index >= 15 is 0 Å². The molecule has 0 radical (unpaired) electrons. The molecule has 0 saturated heterocycles. The van der Waals surface area contributed by atoms with Gasteiger partial charge in [0.25, 0.3) is 15.9 Å². The third kappa shape index (κ3) is 9.27. The zero-order chi connectivity index (χ0) is 30.8. The number of benzene rings is 3. The van der Waals surface area contributed by atoms with Gasteiger partial charge in [-0.05, 0) is 79.3 Å². The number of methoxy groups -OCH3 is 1. The van der Waals surface area contributed by atoms with Crippen molar-refractivity contribution < 1.29 is 22.7 Å². The smallest absolute Gasteiger partial charge is 0.251 e. The van der Waals surface area contributed by atoms with Crippen molar-refractivity contribution in [3.8, 4) is 5.75 Å². The number of rotatable bonds is 14. The summed E-state index contributed by atoms with van der Waals surface area (Å²) in [6.45, 7) is 4.11. The fourth-order valence-corrected chi connectivity index (χ4v) is 6.03. The number of carbonyl (C=O) groups is 2. The number of nitrogens with one attached hydrogen (secondary N) is 2. The van der Waals surface area contributed by atoms with E-state index in [1.165, 1.54) is 12.0 Å². The predicted molar refractivity (Wildman–Crippen MR) is 169 cm³/mol. The topological polar surface area (TPSA) is 118 Å². The first-order valence-corrected chi connectivity index (χ1v) is 15.9. The van der Waals surface area contributed by atoms with Gasteiger partial charge in [-0.1, -0.05) is 50.2 Å². The molecule has 0 aliphatic rings. The second kappa shape index (κ2) is 14.6. The number of fused-ring (bicyclic) bond motifs is 1. The molecule has 1 aromatic heterocycles. The van der Waals surface area contributed by atoms with Crippen LogP contribution in [0.3, 0.4) is 0 Å². The first-order chi connectivity index (χ1) is 20.6. The second-order valence-electron chi connectivity index (χ2n) is 10.8. The summed E-state index contributed by atoms with van der Waals surface area (Å²) in [5.74, 6) is -0.754. The van der Waals surface area contributed by atoms with Crippen LogP contribution in [0.15, 0.2) is 91.1 Å². The van der Waals surface area contributed by atoms with Gasteiger partial charge in [0.15, 0.2) is 0 Å². The molecule has 0 fully saturated rings. The lowest BCUT2D eigenvalue weighted by Gasteiger charge is -2.29. The first-order valence-electron chi connectivity index (χ1n) is 14.3. The highest BCUT2D eigenvalue weighted by Gasteiger charge is 2.30. The van der Waals surface area contributed by atoms with Gasteiger partial charge >= 0.3 is 0 Å². The Hall–Kier alpha value is -4.44. The zero-order valence-corrected chi connectivity index (χ0v) is 25.5. The van der Waals surface area contributed by atoms with Crippen molar-refractivity contribution >= 4 is 38.4 Å². The number of pyridine rings is 1. The van der Waals surface area contributed by atoms with Crippen LogP contribution in [0, 0.1) is 5.92 Å². The van der Waals surface area contributed by atoms with Gasteiger partial charge in [0.1, 0.15) is 17.7 Å². The molecule has 0 aliphatic heterocycles. The summed E-state index contributed by atoms with van der Waals surface area (Å²) in [4.78, 5) is 33.0. The third-order valence-corrected chi connectivity index (χ3v) is 8.11. The van der Waals surface area contributed by atoms with E-state index in [-0.39, 0.29) is 12.5 Å². The molecule has 0 aliphatic carbocycles. The average Bonchev–Trinajstić information content (AvgIpc) is 3.00. The van der Waals surface area contributed by atoms with Crippen molar-refractivity contribution in [2.45, 2.75) is 39.2 Å². The molecule has 0 spiro atoms. The highest BCUT2D eigenvalue weighted by molar-refractivity contribution is 7.92. The Morgan fingerprint density at radius 3 is 2.40 bits per heavy atom. The normalized spacial score (nSPS) is 12.1. The van der Waals surface area contributed by atoms with Gasteiger partial charge in [-0.2, -0.15) is 0 Å². The summed E-state index contributed by atoms with van der Waals surface area (Å²) in [5.41, 5.74) is 2.60. The Balaban J connectivity index is 1.54. The van der Waals surface area contributed by atoms with Gasteiger partial charge in [0.2, 0.25) is 5.91 Å². The molecule has 1 heterocycles. The molecule has 3 aromatic carbocycles. The number of hydrogen-bond donors (Lipinski definition) is 2. The van der Waals surface area contributed by atoms with Crippen LogP contribution in [-0.2, 0) is 21.2 Å². The van der Waals surface area contributed by atoms with E-state index in [2.05, 4.69) is 15.0 Å². The van der Waals surface area contributed by atoms with Crippen molar-refractivity contribution in [3.63, 3.8) is 0 Å². The van der Waals surface area contributed by atoms with E-state index in [9.17, 15) is 18.0 Å². The van der Waals surface area contributed by atoms with Gasteiger partial charge in [-0.3, -0.25) is 19.3 Å². The Bertz CT molecular complexity index is 1630. The lowest BCUT2D eigenvalue weighted by molar-refractivity contribution is -0.132. The fraction of sp³-hybridized carbons (Fsp3) is 0.303. The lowest BCUT2D eigenvalue weighted by Crippen LogP contribution is -2.51. The number of carbonyl (C=O) groups excluding carboxylic acids is 2. The zero-order valence-electron chi connectivity index (χ0n) is 24.7. The minimum atomic E-state index is -3.97. The number of aryl methyl sites for hydroxylation is 1. The van der Waals surface area contributed by atoms with Crippen LogP contribution in [-0.4, -0.2) is 55.7 Å². The maximum absolute atomic E-state index is 14.0. The minimum absolute atomic E-state index is 0.0650. The Labute approximate surface area is 253 Å². The van der Waals surface area contributed by atoms with Crippen LogP contribution in [0.5, 0.6) is 5.75 Å². The van der Waals surface area contributed by atoms with Gasteiger partial charge < -0.3 is 15.0 Å².